The summed E-state index contributed by atoms with van der Waals surface area (Å²) in [6.07, 6.45) is 3.31. The van der Waals surface area contributed by atoms with E-state index < -0.39 is 0 Å². The van der Waals surface area contributed by atoms with E-state index in [4.69, 9.17) is 4.74 Å². The zero-order valence-electron chi connectivity index (χ0n) is 17.3. The van der Waals surface area contributed by atoms with E-state index in [0.717, 1.165) is 39.0 Å². The van der Waals surface area contributed by atoms with Crippen LogP contribution < -0.4 is 10.2 Å². The quantitative estimate of drug-likeness (QED) is 0.715. The average molecular weight is 367 g/mol. The van der Waals surface area contributed by atoms with Crippen LogP contribution in [0.1, 0.15) is 44.2 Å². The minimum atomic E-state index is -0.0594. The van der Waals surface area contributed by atoms with Gasteiger partial charge >= 0.3 is 0 Å². The molecule has 1 aliphatic heterocycles. The first kappa shape index (κ1) is 19.9. The highest BCUT2D eigenvalue weighted by molar-refractivity contribution is 5.45. The predicted molar refractivity (Wildman–Crippen MR) is 114 cm³/mol. The highest BCUT2D eigenvalue weighted by Gasteiger charge is 2.41. The molecular weight excluding hydrogens is 332 g/mol. The first-order valence-electron chi connectivity index (χ1n) is 10.1. The van der Waals surface area contributed by atoms with E-state index in [-0.39, 0.29) is 11.0 Å². The van der Waals surface area contributed by atoms with Crippen LogP contribution in [0.2, 0.25) is 0 Å². The number of rotatable bonds is 7. The Bertz CT molecular complexity index is 709. The summed E-state index contributed by atoms with van der Waals surface area (Å²) in [5, 5.41) is 3.67. The molecule has 0 bridgehead atoms. The minimum Gasteiger partial charge on any atom is -0.378 e. The Labute approximate surface area is 164 Å². The van der Waals surface area contributed by atoms with Crippen LogP contribution in [0.15, 0.2) is 54.6 Å². The predicted octanol–water partition coefficient (Wildman–Crippen LogP) is 4.76. The van der Waals surface area contributed by atoms with Crippen LogP contribution in [-0.4, -0.2) is 32.8 Å². The molecule has 1 atom stereocenters. The van der Waals surface area contributed by atoms with E-state index in [0.29, 0.717) is 0 Å². The van der Waals surface area contributed by atoms with Crippen LogP contribution in [0.4, 0.5) is 5.69 Å². The highest BCUT2D eigenvalue weighted by Crippen LogP contribution is 2.43. The van der Waals surface area contributed by atoms with E-state index in [9.17, 15) is 0 Å². The monoisotopic (exact) mass is 366 g/mol. The maximum absolute atomic E-state index is 6.02. The topological polar surface area (TPSA) is 24.5 Å². The van der Waals surface area contributed by atoms with Gasteiger partial charge in [0.05, 0.1) is 5.60 Å². The summed E-state index contributed by atoms with van der Waals surface area (Å²) in [5.74, 6) is 0. The lowest BCUT2D eigenvalue weighted by Crippen LogP contribution is -2.45. The van der Waals surface area contributed by atoms with Crippen molar-refractivity contribution in [3.63, 3.8) is 0 Å². The van der Waals surface area contributed by atoms with Crippen molar-refractivity contribution in [2.75, 3.05) is 32.1 Å². The second kappa shape index (κ2) is 8.45. The van der Waals surface area contributed by atoms with Crippen LogP contribution in [-0.2, 0) is 16.7 Å². The Balaban J connectivity index is 1.62. The van der Waals surface area contributed by atoms with E-state index in [1.165, 1.54) is 16.8 Å². The Hall–Kier alpha value is -1.84. The number of benzene rings is 2. The fraction of sp³-hybridized carbons (Fsp3) is 0.500. The lowest BCUT2D eigenvalue weighted by atomic mass is 9.67. The number of nitrogens with zero attached hydrogens (tertiary/aromatic N) is 1. The molecule has 0 spiro atoms. The molecule has 1 fully saturated rings. The molecule has 27 heavy (non-hydrogen) atoms. The van der Waals surface area contributed by atoms with Crippen molar-refractivity contribution in [3.8, 4) is 0 Å². The lowest BCUT2D eigenvalue weighted by molar-refractivity contribution is -0.0840. The van der Waals surface area contributed by atoms with Crippen LogP contribution in [0.5, 0.6) is 0 Å². The molecule has 3 heteroatoms. The van der Waals surface area contributed by atoms with Gasteiger partial charge in [-0.3, -0.25) is 0 Å². The van der Waals surface area contributed by atoms with Crippen molar-refractivity contribution in [2.24, 2.45) is 0 Å². The molecule has 146 valence electrons. The zero-order chi connectivity index (χ0) is 19.3. The summed E-state index contributed by atoms with van der Waals surface area (Å²) < 4.78 is 6.02. The van der Waals surface area contributed by atoms with Crippen molar-refractivity contribution in [3.05, 3.63) is 65.7 Å². The molecule has 1 aliphatic rings. The molecule has 0 radical (unpaired) electrons. The van der Waals surface area contributed by atoms with Gasteiger partial charge in [-0.2, -0.15) is 0 Å². The third kappa shape index (κ3) is 5.12. The zero-order valence-corrected chi connectivity index (χ0v) is 17.3. The van der Waals surface area contributed by atoms with E-state index in [2.05, 4.69) is 92.8 Å². The van der Waals surface area contributed by atoms with Gasteiger partial charge in [0.1, 0.15) is 0 Å². The van der Waals surface area contributed by atoms with Crippen molar-refractivity contribution in [2.45, 2.75) is 50.7 Å². The Kier molecular flexibility index (Phi) is 6.23. The first-order valence-corrected chi connectivity index (χ1v) is 10.1. The fourth-order valence-electron chi connectivity index (χ4n) is 4.35. The highest BCUT2D eigenvalue weighted by atomic mass is 16.5. The number of ether oxygens (including phenoxy) is 1. The van der Waals surface area contributed by atoms with Crippen LogP contribution >= 0.6 is 0 Å². The van der Waals surface area contributed by atoms with E-state index in [1.54, 1.807) is 0 Å². The largest absolute Gasteiger partial charge is 0.378 e. The number of anilines is 1. The van der Waals surface area contributed by atoms with Crippen LogP contribution in [0.25, 0.3) is 0 Å². The summed E-state index contributed by atoms with van der Waals surface area (Å²) in [7, 11) is 4.15. The Morgan fingerprint density at radius 3 is 2.33 bits per heavy atom. The molecule has 1 unspecified atom stereocenters. The molecule has 1 heterocycles. The van der Waals surface area contributed by atoms with Gasteiger partial charge in [-0.15, -0.1) is 0 Å². The maximum atomic E-state index is 6.02. The molecule has 2 aromatic rings. The van der Waals surface area contributed by atoms with Crippen molar-refractivity contribution >= 4 is 5.69 Å². The normalized spacial score (nSPS) is 21.8. The van der Waals surface area contributed by atoms with Crippen molar-refractivity contribution in [1.29, 1.82) is 0 Å². The SMILES string of the molecule is CN(C)c1ccc(CNCCC2(c3ccccc3)CCOC(C)(C)C2)cc1. The summed E-state index contributed by atoms with van der Waals surface area (Å²) >= 11 is 0. The van der Waals surface area contributed by atoms with Crippen molar-refractivity contribution < 1.29 is 4.74 Å². The maximum Gasteiger partial charge on any atom is 0.0635 e. The van der Waals surface area contributed by atoms with E-state index in [1.807, 2.05) is 0 Å². The van der Waals surface area contributed by atoms with E-state index >= 15 is 0 Å². The molecule has 3 rings (SSSR count). The van der Waals surface area contributed by atoms with Gasteiger partial charge in [-0.1, -0.05) is 42.5 Å². The fourth-order valence-corrected chi connectivity index (χ4v) is 4.35. The summed E-state index contributed by atoms with van der Waals surface area (Å²) in [6, 6.07) is 19.8. The molecule has 2 aromatic carbocycles. The van der Waals surface area contributed by atoms with Gasteiger partial charge in [0.25, 0.3) is 0 Å². The average Bonchev–Trinajstić information content (AvgIpc) is 2.65. The van der Waals surface area contributed by atoms with Crippen LogP contribution in [0.3, 0.4) is 0 Å². The molecule has 1 saturated heterocycles. The van der Waals surface area contributed by atoms with Gasteiger partial charge in [-0.25, -0.2) is 0 Å². The van der Waals surface area contributed by atoms with Gasteiger partial charge in [0, 0.05) is 38.3 Å². The number of hydrogen-bond donors (Lipinski definition) is 1. The molecule has 1 N–H and O–H groups in total. The Morgan fingerprint density at radius 1 is 1.00 bits per heavy atom. The second-order valence-corrected chi connectivity index (χ2v) is 8.67. The second-order valence-electron chi connectivity index (χ2n) is 8.67. The smallest absolute Gasteiger partial charge is 0.0635 e. The van der Waals surface area contributed by atoms with Gasteiger partial charge in [0.15, 0.2) is 0 Å². The van der Waals surface area contributed by atoms with Gasteiger partial charge < -0.3 is 15.0 Å². The molecule has 3 nitrogen and oxygen atoms in total. The molecular formula is C24H34N2O. The lowest BCUT2D eigenvalue weighted by Gasteiger charge is -2.45. The minimum absolute atomic E-state index is 0.0594. The molecule has 0 amide bonds. The molecule has 0 saturated carbocycles. The van der Waals surface area contributed by atoms with Gasteiger partial charge in [0.2, 0.25) is 0 Å². The van der Waals surface area contributed by atoms with Gasteiger partial charge in [-0.05, 0) is 62.9 Å². The Morgan fingerprint density at radius 2 is 1.70 bits per heavy atom. The first-order chi connectivity index (χ1) is 12.9. The number of nitrogens with one attached hydrogen (secondary N) is 1. The summed E-state index contributed by atoms with van der Waals surface area (Å²) in [6.45, 7) is 7.22. The summed E-state index contributed by atoms with van der Waals surface area (Å²) in [5.41, 5.74) is 4.17. The van der Waals surface area contributed by atoms with Crippen molar-refractivity contribution in [1.82, 2.24) is 5.32 Å². The third-order valence-corrected chi connectivity index (χ3v) is 5.79. The summed E-state index contributed by atoms with van der Waals surface area (Å²) in [4.78, 5) is 2.13. The van der Waals surface area contributed by atoms with Crippen LogP contribution in [0, 0.1) is 0 Å². The third-order valence-electron chi connectivity index (χ3n) is 5.79. The molecule has 0 aromatic heterocycles. The standard InChI is InChI=1S/C24H34N2O/c1-23(2)19-24(15-17-27-23,21-8-6-5-7-9-21)14-16-25-18-20-10-12-22(13-11-20)26(3)4/h5-13,25H,14-19H2,1-4H3. The molecule has 0 aliphatic carbocycles. The number of hydrogen-bond acceptors (Lipinski definition) is 3.